The van der Waals surface area contributed by atoms with Crippen molar-refractivity contribution in [2.45, 2.75) is 13.3 Å². The van der Waals surface area contributed by atoms with E-state index in [-0.39, 0.29) is 18.2 Å². The zero-order valence-corrected chi connectivity index (χ0v) is 15.0. The summed E-state index contributed by atoms with van der Waals surface area (Å²) in [6.45, 7) is 2.18. The number of carbonyl (C=O) groups is 2. The van der Waals surface area contributed by atoms with Crippen molar-refractivity contribution in [3.63, 3.8) is 0 Å². The lowest BCUT2D eigenvalue weighted by Crippen LogP contribution is -2.38. The molecule has 0 unspecified atom stereocenters. The number of nitrogens with one attached hydrogen (secondary N) is 1. The molecule has 2 aromatic carbocycles. The number of methoxy groups -OCH3 is 1. The molecule has 2 rings (SSSR count). The zero-order valence-electron chi connectivity index (χ0n) is 14.3. The molecule has 0 spiro atoms. The first kappa shape index (κ1) is 18.8. The Hall–Kier alpha value is -2.53. The third-order valence-corrected chi connectivity index (χ3v) is 4.02. The fourth-order valence-corrected chi connectivity index (χ4v) is 2.65. The Morgan fingerprint density at radius 1 is 1.12 bits per heavy atom. The Bertz CT molecular complexity index is 732. The van der Waals surface area contributed by atoms with Crippen molar-refractivity contribution in [3.05, 3.63) is 59.1 Å². The highest BCUT2D eigenvalue weighted by atomic mass is 35.5. The van der Waals surface area contributed by atoms with Crippen molar-refractivity contribution in [2.24, 2.45) is 0 Å². The van der Waals surface area contributed by atoms with Gasteiger partial charge in [0, 0.05) is 20.0 Å². The normalized spacial score (nSPS) is 10.2. The Kier molecular flexibility index (Phi) is 6.83. The van der Waals surface area contributed by atoms with Crippen LogP contribution in [0, 0.1) is 0 Å². The average Bonchev–Trinajstić information content (AvgIpc) is 2.60. The van der Waals surface area contributed by atoms with Gasteiger partial charge in [0.15, 0.2) is 0 Å². The number of amides is 2. The number of rotatable bonds is 7. The number of carbonyl (C=O) groups excluding carboxylic acids is 2. The summed E-state index contributed by atoms with van der Waals surface area (Å²) in [6, 6.07) is 14.5. The standard InChI is InChI=1S/C19H21ClN2O3/c1-14(23)22(18-6-4-3-5-17(18)20)12-11-21-19(24)13-15-7-9-16(25-2)10-8-15/h3-10H,11-13H2,1-2H3,(H,21,24). The predicted octanol–water partition coefficient (Wildman–Crippen LogP) is 3.06. The highest BCUT2D eigenvalue weighted by molar-refractivity contribution is 6.33. The van der Waals surface area contributed by atoms with Gasteiger partial charge in [-0.05, 0) is 29.8 Å². The molecule has 0 radical (unpaired) electrons. The molecule has 0 aliphatic rings. The van der Waals surface area contributed by atoms with Gasteiger partial charge in [0.1, 0.15) is 5.75 Å². The number of ether oxygens (including phenoxy) is 1. The molecule has 1 N–H and O–H groups in total. The van der Waals surface area contributed by atoms with Gasteiger partial charge < -0.3 is 15.0 Å². The van der Waals surface area contributed by atoms with Crippen LogP contribution in [0.3, 0.4) is 0 Å². The molecular formula is C19H21ClN2O3. The molecule has 5 nitrogen and oxygen atoms in total. The maximum atomic E-state index is 12.0. The van der Waals surface area contributed by atoms with E-state index in [9.17, 15) is 9.59 Å². The van der Waals surface area contributed by atoms with Gasteiger partial charge in [0.25, 0.3) is 0 Å². The molecule has 0 saturated heterocycles. The Labute approximate surface area is 152 Å². The number of hydrogen-bond acceptors (Lipinski definition) is 3. The van der Waals surface area contributed by atoms with Crippen molar-refractivity contribution in [1.82, 2.24) is 5.32 Å². The number of hydrogen-bond donors (Lipinski definition) is 1. The van der Waals surface area contributed by atoms with Gasteiger partial charge in [-0.2, -0.15) is 0 Å². The highest BCUT2D eigenvalue weighted by Crippen LogP contribution is 2.24. The third kappa shape index (κ3) is 5.50. The van der Waals surface area contributed by atoms with Crippen LogP contribution in [-0.4, -0.2) is 32.0 Å². The van der Waals surface area contributed by atoms with Gasteiger partial charge in [-0.3, -0.25) is 9.59 Å². The molecule has 0 atom stereocenters. The lowest BCUT2D eigenvalue weighted by molar-refractivity contribution is -0.121. The van der Waals surface area contributed by atoms with E-state index in [4.69, 9.17) is 16.3 Å². The summed E-state index contributed by atoms with van der Waals surface area (Å²) in [5, 5.41) is 3.33. The van der Waals surface area contributed by atoms with Gasteiger partial charge in [-0.25, -0.2) is 0 Å². The summed E-state index contributed by atoms with van der Waals surface area (Å²) in [7, 11) is 1.60. The smallest absolute Gasteiger partial charge is 0.224 e. The topological polar surface area (TPSA) is 58.6 Å². The summed E-state index contributed by atoms with van der Waals surface area (Å²) in [6.07, 6.45) is 0.274. The summed E-state index contributed by atoms with van der Waals surface area (Å²) in [5.41, 5.74) is 1.54. The molecule has 0 aliphatic carbocycles. The molecule has 0 bridgehead atoms. The second-order valence-corrected chi connectivity index (χ2v) is 5.90. The molecule has 132 valence electrons. The number of nitrogens with zero attached hydrogens (tertiary/aromatic N) is 1. The molecular weight excluding hydrogens is 340 g/mol. The van der Waals surface area contributed by atoms with Crippen LogP contribution in [0.2, 0.25) is 5.02 Å². The van der Waals surface area contributed by atoms with Crippen LogP contribution in [-0.2, 0) is 16.0 Å². The van der Waals surface area contributed by atoms with E-state index in [0.29, 0.717) is 23.8 Å². The summed E-state index contributed by atoms with van der Waals surface area (Å²) in [4.78, 5) is 25.5. The molecule has 0 aliphatic heterocycles. The first-order valence-electron chi connectivity index (χ1n) is 7.93. The Balaban J connectivity index is 1.88. The summed E-state index contributed by atoms with van der Waals surface area (Å²) >= 11 is 6.15. The van der Waals surface area contributed by atoms with E-state index in [2.05, 4.69) is 5.32 Å². The second-order valence-electron chi connectivity index (χ2n) is 5.50. The van der Waals surface area contributed by atoms with Gasteiger partial charge in [0.2, 0.25) is 11.8 Å². The van der Waals surface area contributed by atoms with Crippen molar-refractivity contribution in [1.29, 1.82) is 0 Å². The van der Waals surface area contributed by atoms with Crippen molar-refractivity contribution < 1.29 is 14.3 Å². The minimum Gasteiger partial charge on any atom is -0.497 e. The summed E-state index contributed by atoms with van der Waals surface area (Å²) < 4.78 is 5.09. The third-order valence-electron chi connectivity index (χ3n) is 3.70. The Morgan fingerprint density at radius 2 is 1.80 bits per heavy atom. The first-order chi connectivity index (χ1) is 12.0. The lowest BCUT2D eigenvalue weighted by Gasteiger charge is -2.22. The number of para-hydroxylation sites is 1. The molecule has 0 fully saturated rings. The quantitative estimate of drug-likeness (QED) is 0.825. The molecule has 25 heavy (non-hydrogen) atoms. The number of benzene rings is 2. The SMILES string of the molecule is COc1ccc(CC(=O)NCCN(C(C)=O)c2ccccc2Cl)cc1. The average molecular weight is 361 g/mol. The van der Waals surface area contributed by atoms with Crippen molar-refractivity contribution in [3.8, 4) is 5.75 Å². The second kappa shape index (κ2) is 9.08. The summed E-state index contributed by atoms with van der Waals surface area (Å²) in [5.74, 6) is 0.520. The maximum absolute atomic E-state index is 12.0. The van der Waals surface area contributed by atoms with E-state index in [1.807, 2.05) is 30.3 Å². The van der Waals surface area contributed by atoms with Gasteiger partial charge in [-0.15, -0.1) is 0 Å². The minimum absolute atomic E-state index is 0.104. The van der Waals surface area contributed by atoms with Crippen LogP contribution in [0.5, 0.6) is 5.75 Å². The van der Waals surface area contributed by atoms with Crippen LogP contribution in [0.4, 0.5) is 5.69 Å². The van der Waals surface area contributed by atoms with Crippen LogP contribution in [0.15, 0.2) is 48.5 Å². The van der Waals surface area contributed by atoms with Crippen molar-refractivity contribution in [2.75, 3.05) is 25.1 Å². The van der Waals surface area contributed by atoms with E-state index in [0.717, 1.165) is 11.3 Å². The molecule has 0 saturated carbocycles. The van der Waals surface area contributed by atoms with E-state index < -0.39 is 0 Å². The molecule has 0 heterocycles. The van der Waals surface area contributed by atoms with Gasteiger partial charge in [0.05, 0.1) is 24.2 Å². The fraction of sp³-hybridized carbons (Fsp3) is 0.263. The lowest BCUT2D eigenvalue weighted by atomic mass is 10.1. The van der Waals surface area contributed by atoms with Crippen LogP contribution in [0.25, 0.3) is 0 Å². The first-order valence-corrected chi connectivity index (χ1v) is 8.31. The molecule has 6 heteroatoms. The van der Waals surface area contributed by atoms with Gasteiger partial charge >= 0.3 is 0 Å². The van der Waals surface area contributed by atoms with Gasteiger partial charge in [-0.1, -0.05) is 35.9 Å². The van der Waals surface area contributed by atoms with E-state index >= 15 is 0 Å². The van der Waals surface area contributed by atoms with E-state index in [1.165, 1.54) is 6.92 Å². The van der Waals surface area contributed by atoms with Crippen LogP contribution in [0.1, 0.15) is 12.5 Å². The van der Waals surface area contributed by atoms with E-state index in [1.54, 1.807) is 30.2 Å². The van der Waals surface area contributed by atoms with Crippen LogP contribution < -0.4 is 15.0 Å². The van der Waals surface area contributed by atoms with Crippen molar-refractivity contribution >= 4 is 29.1 Å². The fourth-order valence-electron chi connectivity index (χ4n) is 2.42. The minimum atomic E-state index is -0.127. The number of halogens is 1. The highest BCUT2D eigenvalue weighted by Gasteiger charge is 2.14. The Morgan fingerprint density at radius 3 is 2.40 bits per heavy atom. The molecule has 0 aromatic heterocycles. The molecule has 2 aromatic rings. The molecule has 2 amide bonds. The predicted molar refractivity (Wildman–Crippen MR) is 99.2 cm³/mol. The monoisotopic (exact) mass is 360 g/mol. The largest absolute Gasteiger partial charge is 0.497 e. The zero-order chi connectivity index (χ0) is 18.2. The maximum Gasteiger partial charge on any atom is 0.224 e. The van der Waals surface area contributed by atoms with Crippen LogP contribution >= 0.6 is 11.6 Å². The number of anilines is 1.